The summed E-state index contributed by atoms with van der Waals surface area (Å²) in [6, 6.07) is 8.06. The van der Waals surface area contributed by atoms with Gasteiger partial charge in [-0.05, 0) is 24.3 Å². The number of amides is 1. The summed E-state index contributed by atoms with van der Waals surface area (Å²) in [5, 5.41) is 2.89. The van der Waals surface area contributed by atoms with Gasteiger partial charge in [-0.15, -0.1) is 0 Å². The number of hydrogen-bond donors (Lipinski definition) is 2. The van der Waals surface area contributed by atoms with Gasteiger partial charge in [0.2, 0.25) is 0 Å². The molecule has 6 nitrogen and oxygen atoms in total. The zero-order chi connectivity index (χ0) is 15.4. The van der Waals surface area contributed by atoms with Crippen LogP contribution >= 0.6 is 11.6 Å². The molecule has 110 valence electrons. The fourth-order valence-electron chi connectivity index (χ4n) is 1.70. The number of anilines is 2. The largest absolute Gasteiger partial charge is 0.497 e. The first-order valence-electron chi connectivity index (χ1n) is 6.00. The second-order valence-electron chi connectivity index (χ2n) is 4.09. The lowest BCUT2D eigenvalue weighted by Crippen LogP contribution is -2.15. The molecule has 0 bridgehead atoms. The van der Waals surface area contributed by atoms with E-state index in [9.17, 15) is 4.79 Å². The quantitative estimate of drug-likeness (QED) is 0.906. The number of methoxy groups -OCH3 is 2. The maximum absolute atomic E-state index is 12.2. The van der Waals surface area contributed by atoms with E-state index in [1.165, 1.54) is 19.2 Å². The lowest BCUT2D eigenvalue weighted by Gasteiger charge is -2.12. The third kappa shape index (κ3) is 3.35. The molecule has 2 rings (SSSR count). The summed E-state index contributed by atoms with van der Waals surface area (Å²) in [4.78, 5) is 16.1. The Morgan fingerprint density at radius 3 is 2.67 bits per heavy atom. The lowest BCUT2D eigenvalue weighted by molar-refractivity contribution is 0.102. The van der Waals surface area contributed by atoms with Crippen molar-refractivity contribution in [2.24, 2.45) is 0 Å². The zero-order valence-corrected chi connectivity index (χ0v) is 12.3. The van der Waals surface area contributed by atoms with Gasteiger partial charge in [0.25, 0.3) is 5.91 Å². The Labute approximate surface area is 126 Å². The average molecular weight is 308 g/mol. The number of nitrogens with two attached hydrogens (primary N) is 1. The molecular formula is C14H14ClN3O3. The van der Waals surface area contributed by atoms with Crippen LogP contribution < -0.4 is 20.5 Å². The van der Waals surface area contributed by atoms with Crippen LogP contribution in [-0.2, 0) is 0 Å². The van der Waals surface area contributed by atoms with E-state index in [1.54, 1.807) is 25.3 Å². The normalized spacial score (nSPS) is 10.0. The van der Waals surface area contributed by atoms with Crippen molar-refractivity contribution in [2.75, 3.05) is 25.3 Å². The molecule has 2 aromatic rings. The van der Waals surface area contributed by atoms with Gasteiger partial charge in [0.05, 0.1) is 24.9 Å². The molecule has 7 heteroatoms. The standard InChI is InChI=1S/C14H14ClN3O3/c1-20-8-3-5-10(11(7-8)21-2)17-14(19)13-9(15)4-6-12(16)18-13/h3-7H,1-2H3,(H2,16,18)(H,17,19). The number of carbonyl (C=O) groups is 1. The van der Waals surface area contributed by atoms with Gasteiger partial charge in [0.15, 0.2) is 0 Å². The summed E-state index contributed by atoms with van der Waals surface area (Å²) in [6.07, 6.45) is 0. The summed E-state index contributed by atoms with van der Waals surface area (Å²) in [6.45, 7) is 0. The fourth-order valence-corrected chi connectivity index (χ4v) is 1.89. The monoisotopic (exact) mass is 307 g/mol. The van der Waals surface area contributed by atoms with Gasteiger partial charge >= 0.3 is 0 Å². The minimum atomic E-state index is -0.476. The van der Waals surface area contributed by atoms with Gasteiger partial charge < -0.3 is 20.5 Å². The topological polar surface area (TPSA) is 86.5 Å². The van der Waals surface area contributed by atoms with Crippen molar-refractivity contribution in [1.29, 1.82) is 0 Å². The van der Waals surface area contributed by atoms with Crippen LogP contribution in [0.3, 0.4) is 0 Å². The van der Waals surface area contributed by atoms with E-state index in [4.69, 9.17) is 26.8 Å². The molecule has 0 aliphatic rings. The molecule has 0 aliphatic carbocycles. The van der Waals surface area contributed by atoms with Crippen LogP contribution in [0.5, 0.6) is 11.5 Å². The lowest BCUT2D eigenvalue weighted by atomic mass is 10.2. The Hall–Kier alpha value is -2.47. The smallest absolute Gasteiger partial charge is 0.276 e. The SMILES string of the molecule is COc1ccc(NC(=O)c2nc(N)ccc2Cl)c(OC)c1. The molecule has 0 fully saturated rings. The van der Waals surface area contributed by atoms with Crippen LogP contribution in [0.2, 0.25) is 5.02 Å². The van der Waals surface area contributed by atoms with E-state index in [0.717, 1.165) is 0 Å². The van der Waals surface area contributed by atoms with E-state index in [1.807, 2.05) is 0 Å². The van der Waals surface area contributed by atoms with Gasteiger partial charge in [0, 0.05) is 6.07 Å². The predicted molar refractivity (Wildman–Crippen MR) is 81.2 cm³/mol. The van der Waals surface area contributed by atoms with Gasteiger partial charge in [-0.25, -0.2) is 4.98 Å². The highest BCUT2D eigenvalue weighted by Crippen LogP contribution is 2.29. The number of pyridine rings is 1. The number of nitrogens with zero attached hydrogens (tertiary/aromatic N) is 1. The third-order valence-electron chi connectivity index (χ3n) is 2.74. The number of halogens is 1. The van der Waals surface area contributed by atoms with Gasteiger partial charge in [0.1, 0.15) is 23.0 Å². The van der Waals surface area contributed by atoms with Gasteiger partial charge in [-0.3, -0.25) is 4.79 Å². The van der Waals surface area contributed by atoms with Crippen molar-refractivity contribution in [1.82, 2.24) is 4.98 Å². The first-order valence-corrected chi connectivity index (χ1v) is 6.38. The van der Waals surface area contributed by atoms with Crippen molar-refractivity contribution >= 4 is 29.0 Å². The Morgan fingerprint density at radius 1 is 1.24 bits per heavy atom. The number of carbonyl (C=O) groups excluding carboxylic acids is 1. The number of nitrogen functional groups attached to an aromatic ring is 1. The highest BCUT2D eigenvalue weighted by Gasteiger charge is 2.15. The molecule has 0 aliphatic heterocycles. The van der Waals surface area contributed by atoms with E-state index < -0.39 is 5.91 Å². The highest BCUT2D eigenvalue weighted by atomic mass is 35.5. The van der Waals surface area contributed by atoms with Gasteiger partial charge in [-0.1, -0.05) is 11.6 Å². The molecule has 1 amide bonds. The van der Waals surface area contributed by atoms with Crippen LogP contribution in [0.4, 0.5) is 11.5 Å². The molecule has 0 spiro atoms. The second-order valence-corrected chi connectivity index (χ2v) is 4.49. The number of hydrogen-bond acceptors (Lipinski definition) is 5. The van der Waals surface area contributed by atoms with Crippen LogP contribution in [0.15, 0.2) is 30.3 Å². The molecule has 1 heterocycles. The van der Waals surface area contributed by atoms with Gasteiger partial charge in [-0.2, -0.15) is 0 Å². The molecule has 3 N–H and O–H groups in total. The number of aromatic nitrogens is 1. The molecule has 21 heavy (non-hydrogen) atoms. The Balaban J connectivity index is 2.29. The number of nitrogens with one attached hydrogen (secondary N) is 1. The first-order chi connectivity index (χ1) is 10.0. The van der Waals surface area contributed by atoms with Crippen LogP contribution in [-0.4, -0.2) is 25.1 Å². The van der Waals surface area contributed by atoms with Crippen molar-refractivity contribution in [3.63, 3.8) is 0 Å². The Bertz CT molecular complexity index is 677. The van der Waals surface area contributed by atoms with E-state index in [-0.39, 0.29) is 16.5 Å². The molecule has 0 radical (unpaired) electrons. The highest BCUT2D eigenvalue weighted by molar-refractivity contribution is 6.34. The summed E-state index contributed by atoms with van der Waals surface area (Å²) in [7, 11) is 3.04. The van der Waals surface area contributed by atoms with Crippen molar-refractivity contribution in [3.8, 4) is 11.5 Å². The van der Waals surface area contributed by atoms with Crippen molar-refractivity contribution in [2.45, 2.75) is 0 Å². The summed E-state index contributed by atoms with van der Waals surface area (Å²) in [5.41, 5.74) is 6.09. The molecule has 0 saturated carbocycles. The van der Waals surface area contributed by atoms with E-state index >= 15 is 0 Å². The van der Waals surface area contributed by atoms with E-state index in [0.29, 0.717) is 17.2 Å². The zero-order valence-electron chi connectivity index (χ0n) is 11.5. The molecule has 1 aromatic heterocycles. The number of benzene rings is 1. The number of rotatable bonds is 4. The third-order valence-corrected chi connectivity index (χ3v) is 3.04. The maximum atomic E-state index is 12.2. The average Bonchev–Trinajstić information content (AvgIpc) is 2.49. The summed E-state index contributed by atoms with van der Waals surface area (Å²) < 4.78 is 10.3. The Kier molecular flexibility index (Phi) is 4.49. The molecule has 1 aromatic carbocycles. The van der Waals surface area contributed by atoms with Crippen LogP contribution in [0.25, 0.3) is 0 Å². The molecule has 0 saturated heterocycles. The summed E-state index contributed by atoms with van der Waals surface area (Å²) in [5.74, 6) is 0.815. The van der Waals surface area contributed by atoms with Crippen LogP contribution in [0, 0.1) is 0 Å². The second kappa shape index (κ2) is 6.32. The molecule has 0 atom stereocenters. The van der Waals surface area contributed by atoms with Crippen molar-refractivity contribution < 1.29 is 14.3 Å². The predicted octanol–water partition coefficient (Wildman–Crippen LogP) is 2.59. The van der Waals surface area contributed by atoms with E-state index in [2.05, 4.69) is 10.3 Å². The number of ether oxygens (including phenoxy) is 2. The molecular weight excluding hydrogens is 294 g/mol. The fraction of sp³-hybridized carbons (Fsp3) is 0.143. The first kappa shape index (κ1) is 14.9. The minimum Gasteiger partial charge on any atom is -0.497 e. The molecule has 0 unspecified atom stereocenters. The Morgan fingerprint density at radius 2 is 2.00 bits per heavy atom. The van der Waals surface area contributed by atoms with Crippen molar-refractivity contribution in [3.05, 3.63) is 41.0 Å². The minimum absolute atomic E-state index is 0.0505. The summed E-state index contributed by atoms with van der Waals surface area (Å²) >= 11 is 5.95. The van der Waals surface area contributed by atoms with Crippen LogP contribution in [0.1, 0.15) is 10.5 Å². The maximum Gasteiger partial charge on any atom is 0.276 e.